The second kappa shape index (κ2) is 7.35. The fourth-order valence-corrected chi connectivity index (χ4v) is 3.21. The average Bonchev–Trinajstić information content (AvgIpc) is 3.27. The van der Waals surface area contributed by atoms with Crippen molar-refractivity contribution in [3.63, 3.8) is 0 Å². The molecule has 0 aliphatic heterocycles. The van der Waals surface area contributed by atoms with Crippen molar-refractivity contribution in [3.8, 4) is 0 Å². The third-order valence-corrected chi connectivity index (χ3v) is 5.48. The molecular weight excluding hydrogens is 288 g/mol. The van der Waals surface area contributed by atoms with Gasteiger partial charge in [0.2, 0.25) is 10.0 Å². The van der Waals surface area contributed by atoms with Crippen LogP contribution in [0.25, 0.3) is 0 Å². The van der Waals surface area contributed by atoms with E-state index in [2.05, 4.69) is 0 Å². The molecule has 0 heterocycles. The summed E-state index contributed by atoms with van der Waals surface area (Å²) in [6.45, 7) is 2.02. The molecule has 5 nitrogen and oxygen atoms in total. The Morgan fingerprint density at radius 3 is 2.71 bits per heavy atom. The van der Waals surface area contributed by atoms with Gasteiger partial charge in [-0.15, -0.1) is 0 Å². The van der Waals surface area contributed by atoms with Crippen molar-refractivity contribution in [2.75, 3.05) is 26.8 Å². The summed E-state index contributed by atoms with van der Waals surface area (Å²) in [4.78, 5) is 0. The molecule has 0 unspecified atom stereocenters. The van der Waals surface area contributed by atoms with Gasteiger partial charge in [-0.1, -0.05) is 24.3 Å². The Kier molecular flexibility index (Phi) is 5.75. The summed E-state index contributed by atoms with van der Waals surface area (Å²) in [5.41, 5.74) is 7.29. The number of nitrogens with two attached hydrogens (primary N) is 1. The quantitative estimate of drug-likeness (QED) is 0.698. The van der Waals surface area contributed by atoms with Gasteiger partial charge in [0.05, 0.1) is 12.4 Å². The smallest absolute Gasteiger partial charge is 0.218 e. The summed E-state index contributed by atoms with van der Waals surface area (Å²) in [5.74, 6) is 0.700. The molecule has 0 amide bonds. The molecule has 1 saturated carbocycles. The van der Waals surface area contributed by atoms with E-state index in [1.807, 2.05) is 24.3 Å². The molecule has 1 aromatic carbocycles. The fraction of sp³-hybridized carbons (Fsp3) is 0.600. The molecule has 1 aliphatic carbocycles. The number of hydrogen-bond acceptors (Lipinski definition) is 4. The first-order valence-corrected chi connectivity index (χ1v) is 8.92. The van der Waals surface area contributed by atoms with Gasteiger partial charge in [0.1, 0.15) is 0 Å². The SMILES string of the molecule is CN(CCOCC1CC1)S(=O)(=O)Cc1cccc(CN)c1. The summed E-state index contributed by atoms with van der Waals surface area (Å²) in [5, 5.41) is 0. The molecule has 0 aromatic heterocycles. The first-order valence-electron chi connectivity index (χ1n) is 7.31. The first-order chi connectivity index (χ1) is 10.0. The van der Waals surface area contributed by atoms with Crippen molar-refractivity contribution in [2.24, 2.45) is 11.7 Å². The van der Waals surface area contributed by atoms with Crippen molar-refractivity contribution in [3.05, 3.63) is 35.4 Å². The molecule has 1 aliphatic rings. The van der Waals surface area contributed by atoms with E-state index in [1.165, 1.54) is 17.1 Å². The van der Waals surface area contributed by atoms with Gasteiger partial charge in [0.25, 0.3) is 0 Å². The molecule has 2 N–H and O–H groups in total. The minimum atomic E-state index is -3.31. The third kappa shape index (κ3) is 5.39. The summed E-state index contributed by atoms with van der Waals surface area (Å²) in [7, 11) is -1.71. The van der Waals surface area contributed by atoms with Crippen LogP contribution < -0.4 is 5.73 Å². The van der Waals surface area contributed by atoms with Crippen LogP contribution in [0.4, 0.5) is 0 Å². The highest BCUT2D eigenvalue weighted by Gasteiger charge is 2.22. The minimum absolute atomic E-state index is 0.0000347. The van der Waals surface area contributed by atoms with E-state index in [1.54, 1.807) is 7.05 Å². The number of likely N-dealkylation sites (N-methyl/N-ethyl adjacent to an activating group) is 1. The van der Waals surface area contributed by atoms with Crippen LogP contribution in [0.1, 0.15) is 24.0 Å². The van der Waals surface area contributed by atoms with Crippen LogP contribution in [-0.2, 0) is 27.1 Å². The van der Waals surface area contributed by atoms with Crippen molar-refractivity contribution in [1.29, 1.82) is 0 Å². The van der Waals surface area contributed by atoms with E-state index < -0.39 is 10.0 Å². The monoisotopic (exact) mass is 312 g/mol. The van der Waals surface area contributed by atoms with E-state index in [0.717, 1.165) is 17.7 Å². The van der Waals surface area contributed by atoms with Crippen molar-refractivity contribution < 1.29 is 13.2 Å². The van der Waals surface area contributed by atoms with Crippen LogP contribution in [0.3, 0.4) is 0 Å². The predicted molar refractivity (Wildman–Crippen MR) is 83.1 cm³/mol. The highest BCUT2D eigenvalue weighted by molar-refractivity contribution is 7.88. The normalized spacial score (nSPS) is 15.6. The lowest BCUT2D eigenvalue weighted by atomic mass is 10.1. The largest absolute Gasteiger partial charge is 0.380 e. The number of rotatable bonds is 9. The summed E-state index contributed by atoms with van der Waals surface area (Å²) in [6, 6.07) is 7.39. The standard InChI is InChI=1S/C15H24N2O3S/c1-17(7-8-20-11-13-5-6-13)21(18,19)12-15-4-2-3-14(9-15)10-16/h2-4,9,13H,5-8,10-12,16H2,1H3. The maximum absolute atomic E-state index is 12.3. The van der Waals surface area contributed by atoms with Crippen LogP contribution in [0, 0.1) is 5.92 Å². The van der Waals surface area contributed by atoms with Gasteiger partial charge in [-0.2, -0.15) is 0 Å². The molecule has 6 heteroatoms. The summed E-state index contributed by atoms with van der Waals surface area (Å²) >= 11 is 0. The van der Waals surface area contributed by atoms with Gasteiger partial charge in [0, 0.05) is 26.7 Å². The highest BCUT2D eigenvalue weighted by atomic mass is 32.2. The van der Waals surface area contributed by atoms with Gasteiger partial charge in [-0.25, -0.2) is 12.7 Å². The minimum Gasteiger partial charge on any atom is -0.380 e. The molecular formula is C15H24N2O3S. The van der Waals surface area contributed by atoms with Gasteiger partial charge in [-0.05, 0) is 29.9 Å². The van der Waals surface area contributed by atoms with Crippen LogP contribution in [0.15, 0.2) is 24.3 Å². The molecule has 0 radical (unpaired) electrons. The number of nitrogens with zero attached hydrogens (tertiary/aromatic N) is 1. The van der Waals surface area contributed by atoms with Crippen LogP contribution in [0.2, 0.25) is 0 Å². The lowest BCUT2D eigenvalue weighted by Crippen LogP contribution is -2.31. The van der Waals surface area contributed by atoms with Crippen LogP contribution in [-0.4, -0.2) is 39.5 Å². The Balaban J connectivity index is 1.83. The molecule has 1 fully saturated rings. The Labute approximate surface area is 127 Å². The fourth-order valence-electron chi connectivity index (χ4n) is 2.03. The second-order valence-corrected chi connectivity index (χ2v) is 7.70. The zero-order valence-corrected chi connectivity index (χ0v) is 13.3. The Bertz CT molecular complexity index is 556. The van der Waals surface area contributed by atoms with Gasteiger partial charge >= 0.3 is 0 Å². The van der Waals surface area contributed by atoms with E-state index in [-0.39, 0.29) is 5.75 Å². The van der Waals surface area contributed by atoms with Crippen molar-refractivity contribution >= 4 is 10.0 Å². The zero-order chi connectivity index (χ0) is 15.3. The molecule has 118 valence electrons. The maximum atomic E-state index is 12.3. The molecule has 1 aromatic rings. The molecule has 2 rings (SSSR count). The van der Waals surface area contributed by atoms with E-state index in [9.17, 15) is 8.42 Å². The maximum Gasteiger partial charge on any atom is 0.218 e. The van der Waals surface area contributed by atoms with Crippen LogP contribution >= 0.6 is 0 Å². The molecule has 0 atom stereocenters. The highest BCUT2D eigenvalue weighted by Crippen LogP contribution is 2.28. The van der Waals surface area contributed by atoms with Crippen molar-refractivity contribution in [1.82, 2.24) is 4.31 Å². The Morgan fingerprint density at radius 1 is 1.33 bits per heavy atom. The lowest BCUT2D eigenvalue weighted by molar-refractivity contribution is 0.117. The van der Waals surface area contributed by atoms with Crippen molar-refractivity contribution in [2.45, 2.75) is 25.1 Å². The second-order valence-electron chi connectivity index (χ2n) is 5.62. The third-order valence-electron chi connectivity index (χ3n) is 3.65. The summed E-state index contributed by atoms with van der Waals surface area (Å²) in [6.07, 6.45) is 2.48. The molecule has 0 bridgehead atoms. The van der Waals surface area contributed by atoms with Gasteiger partial charge in [0.15, 0.2) is 0 Å². The molecule has 21 heavy (non-hydrogen) atoms. The topological polar surface area (TPSA) is 72.6 Å². The van der Waals surface area contributed by atoms with Gasteiger partial charge in [-0.3, -0.25) is 0 Å². The summed E-state index contributed by atoms with van der Waals surface area (Å²) < 4.78 is 31.4. The number of hydrogen-bond donors (Lipinski definition) is 1. The number of ether oxygens (including phenoxy) is 1. The number of benzene rings is 1. The zero-order valence-electron chi connectivity index (χ0n) is 12.5. The Hall–Kier alpha value is -0.950. The predicted octanol–water partition coefficient (Wildman–Crippen LogP) is 1.33. The average molecular weight is 312 g/mol. The van der Waals surface area contributed by atoms with E-state index in [0.29, 0.717) is 25.6 Å². The van der Waals surface area contributed by atoms with Gasteiger partial charge < -0.3 is 10.5 Å². The molecule has 0 spiro atoms. The van der Waals surface area contributed by atoms with E-state index in [4.69, 9.17) is 10.5 Å². The first kappa shape index (κ1) is 16.4. The van der Waals surface area contributed by atoms with E-state index >= 15 is 0 Å². The van der Waals surface area contributed by atoms with Crippen LogP contribution in [0.5, 0.6) is 0 Å². The lowest BCUT2D eigenvalue weighted by Gasteiger charge is -2.17. The Morgan fingerprint density at radius 2 is 2.05 bits per heavy atom. The molecule has 0 saturated heterocycles. The number of sulfonamides is 1.